The second kappa shape index (κ2) is 5.78. The van der Waals surface area contributed by atoms with Gasteiger partial charge in [-0.2, -0.15) is 0 Å². The van der Waals surface area contributed by atoms with Gasteiger partial charge in [-0.05, 0) is 18.1 Å². The van der Waals surface area contributed by atoms with Crippen LogP contribution in [0.2, 0.25) is 5.02 Å². The molecule has 2 N–H and O–H groups in total. The first-order valence-corrected chi connectivity index (χ1v) is 6.47. The maximum Gasteiger partial charge on any atom is 0.165 e. The number of methoxy groups -OCH3 is 1. The monoisotopic (exact) mass is 271 g/mol. The Labute approximate surface area is 112 Å². The molecule has 1 aliphatic heterocycles. The molecule has 4 nitrogen and oxygen atoms in total. The summed E-state index contributed by atoms with van der Waals surface area (Å²) in [4.78, 5) is 0. The smallest absolute Gasteiger partial charge is 0.165 e. The van der Waals surface area contributed by atoms with Gasteiger partial charge in [0.25, 0.3) is 0 Å². The lowest BCUT2D eigenvalue weighted by molar-refractivity contribution is 0.0261. The first-order valence-electron chi connectivity index (χ1n) is 6.09. The molecule has 0 bridgehead atoms. The third-order valence-electron chi connectivity index (χ3n) is 3.16. The summed E-state index contributed by atoms with van der Waals surface area (Å²) in [7, 11) is 1.53. The molecule has 1 aliphatic rings. The van der Waals surface area contributed by atoms with Gasteiger partial charge in [0.1, 0.15) is 6.10 Å². The number of morpholine rings is 1. The minimum atomic E-state index is -0.230. The van der Waals surface area contributed by atoms with Gasteiger partial charge >= 0.3 is 0 Å². The normalized spacial score (nSPS) is 19.8. The van der Waals surface area contributed by atoms with Crippen molar-refractivity contribution in [2.24, 2.45) is 0 Å². The quantitative estimate of drug-likeness (QED) is 0.886. The molecule has 1 saturated heterocycles. The van der Waals surface area contributed by atoms with Crippen LogP contribution in [0.15, 0.2) is 6.07 Å². The predicted molar refractivity (Wildman–Crippen MR) is 70.6 cm³/mol. The Hall–Kier alpha value is -0.970. The van der Waals surface area contributed by atoms with Crippen molar-refractivity contribution in [2.45, 2.75) is 19.4 Å². The molecule has 2 rings (SSSR count). The Morgan fingerprint density at radius 2 is 2.39 bits per heavy atom. The number of phenols is 1. The Kier molecular flexibility index (Phi) is 4.32. The van der Waals surface area contributed by atoms with E-state index < -0.39 is 0 Å². The van der Waals surface area contributed by atoms with E-state index in [4.69, 9.17) is 21.1 Å². The van der Waals surface area contributed by atoms with Crippen LogP contribution in [0.25, 0.3) is 0 Å². The van der Waals surface area contributed by atoms with E-state index >= 15 is 0 Å². The highest BCUT2D eigenvalue weighted by Crippen LogP contribution is 2.42. The molecule has 1 aromatic rings. The van der Waals surface area contributed by atoms with E-state index in [-0.39, 0.29) is 11.9 Å². The largest absolute Gasteiger partial charge is 0.504 e. The van der Waals surface area contributed by atoms with Gasteiger partial charge in [-0.3, -0.25) is 0 Å². The van der Waals surface area contributed by atoms with Crippen molar-refractivity contribution in [3.63, 3.8) is 0 Å². The Bertz CT molecular complexity index is 402. The first-order chi connectivity index (χ1) is 8.69. The topological polar surface area (TPSA) is 50.7 Å². The van der Waals surface area contributed by atoms with Gasteiger partial charge in [-0.15, -0.1) is 0 Å². The third-order valence-corrected chi connectivity index (χ3v) is 3.61. The average molecular weight is 272 g/mol. The maximum atomic E-state index is 10.2. The molecule has 0 saturated carbocycles. The van der Waals surface area contributed by atoms with Crippen molar-refractivity contribution in [2.75, 3.05) is 26.8 Å². The van der Waals surface area contributed by atoms with E-state index in [1.807, 2.05) is 6.92 Å². The molecule has 0 spiro atoms. The molecule has 0 aliphatic carbocycles. The molecule has 1 fully saturated rings. The van der Waals surface area contributed by atoms with Crippen molar-refractivity contribution < 1.29 is 14.6 Å². The summed E-state index contributed by atoms with van der Waals surface area (Å²) in [6.07, 6.45) is 0.550. The van der Waals surface area contributed by atoms with Gasteiger partial charge < -0.3 is 19.9 Å². The van der Waals surface area contributed by atoms with Crippen LogP contribution >= 0.6 is 11.6 Å². The van der Waals surface area contributed by atoms with Crippen molar-refractivity contribution in [1.29, 1.82) is 0 Å². The number of halogens is 1. The Balaban J connectivity index is 2.48. The standard InChI is InChI=1S/C13H18ClNO3/c1-3-8-6-9(17-2)13(16)11(12(8)14)10-7-15-4-5-18-10/h6,10,15-16H,3-5,7H2,1-2H3. The Morgan fingerprint density at radius 3 is 2.94 bits per heavy atom. The number of phenolic OH excluding ortho intramolecular Hbond substituents is 1. The third kappa shape index (κ3) is 2.41. The number of aromatic hydroxyl groups is 1. The van der Waals surface area contributed by atoms with E-state index in [2.05, 4.69) is 5.32 Å². The highest BCUT2D eigenvalue weighted by Gasteiger charge is 2.26. The summed E-state index contributed by atoms with van der Waals surface area (Å²) in [5.74, 6) is 0.522. The molecule has 0 radical (unpaired) electrons. The van der Waals surface area contributed by atoms with Crippen molar-refractivity contribution >= 4 is 11.6 Å². The van der Waals surface area contributed by atoms with E-state index in [9.17, 15) is 5.11 Å². The van der Waals surface area contributed by atoms with Crippen molar-refractivity contribution in [3.8, 4) is 11.5 Å². The molecule has 1 aromatic carbocycles. The number of nitrogens with one attached hydrogen (secondary N) is 1. The second-order valence-corrected chi connectivity index (χ2v) is 4.61. The second-order valence-electron chi connectivity index (χ2n) is 4.23. The van der Waals surface area contributed by atoms with E-state index in [1.165, 1.54) is 7.11 Å². The first kappa shape index (κ1) is 13.5. The van der Waals surface area contributed by atoms with Crippen LogP contribution in [0.4, 0.5) is 0 Å². The number of ether oxygens (including phenoxy) is 2. The number of rotatable bonds is 3. The minimum absolute atomic E-state index is 0.0772. The molecule has 1 heterocycles. The molecule has 0 aromatic heterocycles. The van der Waals surface area contributed by atoms with Crippen molar-refractivity contribution in [1.82, 2.24) is 5.32 Å². The summed E-state index contributed by atoms with van der Waals surface area (Å²) in [6.45, 7) is 4.09. The van der Waals surface area contributed by atoms with E-state index in [0.717, 1.165) is 18.5 Å². The summed E-state index contributed by atoms with van der Waals surface area (Å²) in [5.41, 5.74) is 1.58. The van der Waals surface area contributed by atoms with Crippen LogP contribution in [0.3, 0.4) is 0 Å². The van der Waals surface area contributed by atoms with E-state index in [1.54, 1.807) is 6.07 Å². The zero-order valence-electron chi connectivity index (χ0n) is 10.6. The fourth-order valence-electron chi connectivity index (χ4n) is 2.16. The molecule has 100 valence electrons. The summed E-state index contributed by atoms with van der Waals surface area (Å²) in [6, 6.07) is 1.78. The van der Waals surface area contributed by atoms with Crippen LogP contribution in [0.1, 0.15) is 24.2 Å². The maximum absolute atomic E-state index is 10.2. The zero-order chi connectivity index (χ0) is 13.1. The highest BCUT2D eigenvalue weighted by atomic mass is 35.5. The molecule has 0 amide bonds. The van der Waals surface area contributed by atoms with Crippen LogP contribution in [-0.4, -0.2) is 31.9 Å². The molecule has 1 atom stereocenters. The van der Waals surface area contributed by atoms with Gasteiger partial charge in [-0.25, -0.2) is 0 Å². The molecular formula is C13H18ClNO3. The predicted octanol–water partition coefficient (Wildman–Crippen LogP) is 2.28. The van der Waals surface area contributed by atoms with Gasteiger partial charge in [0, 0.05) is 18.7 Å². The lowest BCUT2D eigenvalue weighted by Crippen LogP contribution is -2.33. The number of hydrogen-bond donors (Lipinski definition) is 2. The summed E-state index contributed by atoms with van der Waals surface area (Å²) in [5, 5.41) is 14.0. The average Bonchev–Trinajstić information content (AvgIpc) is 2.40. The van der Waals surface area contributed by atoms with Gasteiger partial charge in [-0.1, -0.05) is 18.5 Å². The van der Waals surface area contributed by atoms with Crippen LogP contribution < -0.4 is 10.1 Å². The summed E-state index contributed by atoms with van der Waals surface area (Å²) < 4.78 is 10.9. The van der Waals surface area contributed by atoms with Gasteiger partial charge in [0.05, 0.1) is 18.7 Å². The lowest BCUT2D eigenvalue weighted by atomic mass is 10.0. The Morgan fingerprint density at radius 1 is 1.61 bits per heavy atom. The summed E-state index contributed by atoms with van der Waals surface area (Å²) >= 11 is 6.35. The minimum Gasteiger partial charge on any atom is -0.504 e. The van der Waals surface area contributed by atoms with Crippen LogP contribution in [0.5, 0.6) is 11.5 Å². The van der Waals surface area contributed by atoms with Gasteiger partial charge in [0.15, 0.2) is 11.5 Å². The molecule has 18 heavy (non-hydrogen) atoms. The van der Waals surface area contributed by atoms with Crippen molar-refractivity contribution in [3.05, 3.63) is 22.2 Å². The lowest BCUT2D eigenvalue weighted by Gasteiger charge is -2.26. The molecule has 1 unspecified atom stereocenters. The number of benzene rings is 1. The van der Waals surface area contributed by atoms with Crippen LogP contribution in [0, 0.1) is 0 Å². The van der Waals surface area contributed by atoms with E-state index in [0.29, 0.717) is 29.5 Å². The SMILES string of the molecule is CCc1cc(OC)c(O)c(C2CNCCO2)c1Cl. The fraction of sp³-hybridized carbons (Fsp3) is 0.538. The van der Waals surface area contributed by atoms with Crippen LogP contribution in [-0.2, 0) is 11.2 Å². The molecular weight excluding hydrogens is 254 g/mol. The van der Waals surface area contributed by atoms with Gasteiger partial charge in [0.2, 0.25) is 0 Å². The highest BCUT2D eigenvalue weighted by molar-refractivity contribution is 6.32. The fourth-order valence-corrected chi connectivity index (χ4v) is 2.56. The molecule has 5 heteroatoms. The zero-order valence-corrected chi connectivity index (χ0v) is 11.4. The number of aryl methyl sites for hydroxylation is 1. The number of hydrogen-bond acceptors (Lipinski definition) is 4.